The minimum atomic E-state index is -0.456. The number of amides is 1. The largest absolute Gasteiger partial charge is 0.444 e. The standard InChI is InChI=1S/C18H24BrN3O2/c1-18(2,3)24-17(23)20-7-9-22-8-6-13-14-10-12(19)4-5-15(14)21-16(13)11-22/h4-5,10,21H,6-9,11H2,1-3H3,(H,20,23). The number of aromatic amines is 1. The van der Waals surface area contributed by atoms with Crippen molar-refractivity contribution in [3.63, 3.8) is 0 Å². The average Bonchev–Trinajstić information content (AvgIpc) is 2.82. The van der Waals surface area contributed by atoms with Crippen molar-refractivity contribution in [2.24, 2.45) is 0 Å². The Morgan fingerprint density at radius 2 is 2.21 bits per heavy atom. The van der Waals surface area contributed by atoms with E-state index in [-0.39, 0.29) is 6.09 Å². The van der Waals surface area contributed by atoms with Gasteiger partial charge >= 0.3 is 6.09 Å². The van der Waals surface area contributed by atoms with Gasteiger partial charge in [-0.3, -0.25) is 4.90 Å². The van der Waals surface area contributed by atoms with Crippen molar-refractivity contribution in [1.82, 2.24) is 15.2 Å². The normalized spacial score (nSPS) is 15.3. The summed E-state index contributed by atoms with van der Waals surface area (Å²) in [4.78, 5) is 17.6. The van der Waals surface area contributed by atoms with Crippen molar-refractivity contribution in [3.05, 3.63) is 33.9 Å². The molecule has 0 atom stereocenters. The van der Waals surface area contributed by atoms with Crippen LogP contribution >= 0.6 is 15.9 Å². The molecule has 0 aliphatic carbocycles. The van der Waals surface area contributed by atoms with Crippen LogP contribution < -0.4 is 5.32 Å². The molecular weight excluding hydrogens is 370 g/mol. The molecule has 1 aliphatic rings. The molecule has 5 nitrogen and oxygen atoms in total. The number of nitrogens with zero attached hydrogens (tertiary/aromatic N) is 1. The van der Waals surface area contributed by atoms with Gasteiger partial charge in [-0.15, -0.1) is 0 Å². The molecule has 0 unspecified atom stereocenters. The van der Waals surface area contributed by atoms with Gasteiger partial charge in [0.25, 0.3) is 0 Å². The fourth-order valence-corrected chi connectivity index (χ4v) is 3.45. The molecule has 0 bridgehead atoms. The third-order valence-corrected chi connectivity index (χ3v) is 4.61. The number of alkyl carbamates (subject to hydrolysis) is 1. The Balaban J connectivity index is 1.56. The topological polar surface area (TPSA) is 57.4 Å². The Hall–Kier alpha value is -1.53. The summed E-state index contributed by atoms with van der Waals surface area (Å²) in [5, 5.41) is 4.14. The molecule has 1 aliphatic heterocycles. The molecule has 0 fully saturated rings. The van der Waals surface area contributed by atoms with Crippen LogP contribution in [-0.2, 0) is 17.7 Å². The van der Waals surface area contributed by atoms with Crippen LogP contribution in [0.1, 0.15) is 32.0 Å². The summed E-state index contributed by atoms with van der Waals surface area (Å²) in [5.41, 5.74) is 3.44. The SMILES string of the molecule is CC(C)(C)OC(=O)NCCN1CCc2c([nH]c3ccc(Br)cc23)C1. The first-order valence-electron chi connectivity index (χ1n) is 8.30. The van der Waals surface area contributed by atoms with E-state index in [4.69, 9.17) is 4.74 Å². The summed E-state index contributed by atoms with van der Waals surface area (Å²) in [7, 11) is 0. The lowest BCUT2D eigenvalue weighted by Crippen LogP contribution is -2.39. The lowest BCUT2D eigenvalue weighted by atomic mass is 10.0. The van der Waals surface area contributed by atoms with E-state index < -0.39 is 5.60 Å². The predicted molar refractivity (Wildman–Crippen MR) is 99.2 cm³/mol. The average molecular weight is 394 g/mol. The van der Waals surface area contributed by atoms with Gasteiger partial charge in [0.2, 0.25) is 0 Å². The number of benzene rings is 1. The van der Waals surface area contributed by atoms with E-state index in [0.717, 1.165) is 30.5 Å². The van der Waals surface area contributed by atoms with Crippen molar-refractivity contribution < 1.29 is 9.53 Å². The lowest BCUT2D eigenvalue weighted by molar-refractivity contribution is 0.0521. The van der Waals surface area contributed by atoms with Gasteiger partial charge in [-0.25, -0.2) is 4.79 Å². The van der Waals surface area contributed by atoms with Crippen molar-refractivity contribution in [2.45, 2.75) is 39.3 Å². The van der Waals surface area contributed by atoms with Gasteiger partial charge < -0.3 is 15.0 Å². The molecule has 0 radical (unpaired) electrons. The van der Waals surface area contributed by atoms with Gasteiger partial charge in [0.15, 0.2) is 0 Å². The van der Waals surface area contributed by atoms with Gasteiger partial charge in [0, 0.05) is 47.2 Å². The number of hydrogen-bond donors (Lipinski definition) is 2. The zero-order valence-corrected chi connectivity index (χ0v) is 16.0. The second kappa shape index (κ2) is 6.76. The van der Waals surface area contributed by atoms with Gasteiger partial charge in [0.1, 0.15) is 5.60 Å². The Kier molecular flexibility index (Phi) is 4.88. The number of hydrogen-bond acceptors (Lipinski definition) is 3. The number of H-pyrrole nitrogens is 1. The van der Waals surface area contributed by atoms with E-state index in [1.54, 1.807) is 0 Å². The monoisotopic (exact) mass is 393 g/mol. The van der Waals surface area contributed by atoms with Crippen LogP contribution in [0.25, 0.3) is 10.9 Å². The van der Waals surface area contributed by atoms with Gasteiger partial charge in [-0.2, -0.15) is 0 Å². The van der Waals surface area contributed by atoms with Crippen molar-refractivity contribution in [2.75, 3.05) is 19.6 Å². The zero-order chi connectivity index (χ0) is 17.3. The molecule has 1 amide bonds. The number of aromatic nitrogens is 1. The molecule has 130 valence electrons. The Labute approximate surface area is 150 Å². The number of fused-ring (bicyclic) bond motifs is 3. The third-order valence-electron chi connectivity index (χ3n) is 4.11. The maximum absolute atomic E-state index is 11.7. The molecule has 2 aromatic rings. The van der Waals surface area contributed by atoms with Gasteiger partial charge in [-0.1, -0.05) is 15.9 Å². The van der Waals surface area contributed by atoms with E-state index in [2.05, 4.69) is 49.3 Å². The lowest BCUT2D eigenvalue weighted by Gasteiger charge is -2.27. The number of ether oxygens (including phenoxy) is 1. The molecule has 24 heavy (non-hydrogen) atoms. The van der Waals surface area contributed by atoms with E-state index in [1.807, 2.05) is 20.8 Å². The first kappa shape index (κ1) is 17.3. The summed E-state index contributed by atoms with van der Waals surface area (Å²) < 4.78 is 6.37. The molecule has 3 rings (SSSR count). The van der Waals surface area contributed by atoms with E-state index in [0.29, 0.717) is 6.54 Å². The van der Waals surface area contributed by atoms with Crippen LogP contribution in [0.4, 0.5) is 4.79 Å². The van der Waals surface area contributed by atoms with Crippen LogP contribution in [0, 0.1) is 0 Å². The minimum absolute atomic E-state index is 0.351. The molecule has 1 aromatic carbocycles. The molecular formula is C18H24BrN3O2. The first-order chi connectivity index (χ1) is 11.3. The summed E-state index contributed by atoms with van der Waals surface area (Å²) >= 11 is 3.55. The Morgan fingerprint density at radius 1 is 1.42 bits per heavy atom. The van der Waals surface area contributed by atoms with E-state index >= 15 is 0 Å². The third kappa shape index (κ3) is 4.11. The molecule has 2 heterocycles. The highest BCUT2D eigenvalue weighted by Gasteiger charge is 2.21. The van der Waals surface area contributed by atoms with Gasteiger partial charge in [-0.05, 0) is 51.0 Å². The quantitative estimate of drug-likeness (QED) is 0.833. The highest BCUT2D eigenvalue weighted by atomic mass is 79.9. The number of halogens is 1. The number of nitrogens with one attached hydrogen (secondary N) is 2. The summed E-state index contributed by atoms with van der Waals surface area (Å²) in [6.45, 7) is 8.90. The number of carbonyl (C=O) groups excluding carboxylic acids is 1. The molecule has 1 aromatic heterocycles. The molecule has 2 N–H and O–H groups in total. The highest BCUT2D eigenvalue weighted by Crippen LogP contribution is 2.29. The maximum Gasteiger partial charge on any atom is 0.407 e. The Bertz CT molecular complexity index is 749. The molecule has 0 saturated carbocycles. The fraction of sp³-hybridized carbons (Fsp3) is 0.500. The molecule has 6 heteroatoms. The number of carbonyl (C=O) groups is 1. The van der Waals surface area contributed by atoms with Crippen molar-refractivity contribution in [3.8, 4) is 0 Å². The van der Waals surface area contributed by atoms with E-state index in [1.165, 1.54) is 22.2 Å². The summed E-state index contributed by atoms with van der Waals surface area (Å²) in [5.74, 6) is 0. The summed E-state index contributed by atoms with van der Waals surface area (Å²) in [6, 6.07) is 6.36. The molecule has 0 spiro atoms. The fourth-order valence-electron chi connectivity index (χ4n) is 3.09. The maximum atomic E-state index is 11.7. The smallest absolute Gasteiger partial charge is 0.407 e. The zero-order valence-electron chi connectivity index (χ0n) is 14.4. The molecule has 0 saturated heterocycles. The van der Waals surface area contributed by atoms with Crippen LogP contribution in [0.3, 0.4) is 0 Å². The second-order valence-corrected chi connectivity index (χ2v) is 8.14. The van der Waals surface area contributed by atoms with Crippen molar-refractivity contribution in [1.29, 1.82) is 0 Å². The van der Waals surface area contributed by atoms with E-state index in [9.17, 15) is 4.79 Å². The highest BCUT2D eigenvalue weighted by molar-refractivity contribution is 9.10. The van der Waals surface area contributed by atoms with Crippen LogP contribution in [-0.4, -0.2) is 41.2 Å². The van der Waals surface area contributed by atoms with Crippen LogP contribution in [0.15, 0.2) is 22.7 Å². The Morgan fingerprint density at radius 3 is 2.96 bits per heavy atom. The second-order valence-electron chi connectivity index (χ2n) is 7.23. The van der Waals surface area contributed by atoms with Crippen LogP contribution in [0.5, 0.6) is 0 Å². The first-order valence-corrected chi connectivity index (χ1v) is 9.09. The van der Waals surface area contributed by atoms with Gasteiger partial charge in [0.05, 0.1) is 0 Å². The van der Waals surface area contributed by atoms with Crippen LogP contribution in [0.2, 0.25) is 0 Å². The number of rotatable bonds is 3. The van der Waals surface area contributed by atoms with Crippen molar-refractivity contribution >= 4 is 32.9 Å². The summed E-state index contributed by atoms with van der Waals surface area (Å²) in [6.07, 6.45) is 0.675. The minimum Gasteiger partial charge on any atom is -0.444 e. The predicted octanol–water partition coefficient (Wildman–Crippen LogP) is 3.81.